The monoisotopic (exact) mass is 548 g/mol. The number of amides is 1. The number of likely N-dealkylation sites (tertiary alicyclic amines) is 1. The highest BCUT2D eigenvalue weighted by molar-refractivity contribution is 5.84. The number of hydrogen-bond donors (Lipinski definition) is 0. The van der Waals surface area contributed by atoms with Gasteiger partial charge >= 0.3 is 0 Å². The highest BCUT2D eigenvalue weighted by Crippen LogP contribution is 2.43. The van der Waals surface area contributed by atoms with Crippen LogP contribution < -0.4 is 0 Å². The quantitative estimate of drug-likeness (QED) is 0.440. The Labute approximate surface area is 232 Å². The van der Waals surface area contributed by atoms with Crippen molar-refractivity contribution < 1.29 is 18.3 Å². The third-order valence-electron chi connectivity index (χ3n) is 9.07. The van der Waals surface area contributed by atoms with Crippen molar-refractivity contribution in [2.24, 2.45) is 4.99 Å². The van der Waals surface area contributed by atoms with Gasteiger partial charge < -0.3 is 14.2 Å². The van der Waals surface area contributed by atoms with Crippen LogP contribution in [0.4, 0.5) is 14.6 Å². The summed E-state index contributed by atoms with van der Waals surface area (Å²) in [5, 5.41) is 9.00. The van der Waals surface area contributed by atoms with Gasteiger partial charge in [-0.05, 0) is 57.2 Å². The highest BCUT2D eigenvalue weighted by atomic mass is 19.2. The van der Waals surface area contributed by atoms with Crippen molar-refractivity contribution in [2.75, 3.05) is 20.2 Å². The molecule has 1 fully saturated rings. The number of nitrogens with zero attached hydrogens (tertiary/aromatic N) is 6. The predicted molar refractivity (Wildman–Crippen MR) is 146 cm³/mol. The average molecular weight is 549 g/mol. The number of rotatable bonds is 5. The predicted octanol–water partition coefficient (Wildman–Crippen LogP) is 5.16. The van der Waals surface area contributed by atoms with Gasteiger partial charge in [0.1, 0.15) is 11.4 Å². The van der Waals surface area contributed by atoms with Gasteiger partial charge in [0.25, 0.3) is 0 Å². The third kappa shape index (κ3) is 4.52. The van der Waals surface area contributed by atoms with Gasteiger partial charge in [0.05, 0.1) is 0 Å². The number of aliphatic imine (C=N–C) groups is 1. The average Bonchev–Trinajstić information content (AvgIpc) is 3.49. The van der Waals surface area contributed by atoms with E-state index in [1.54, 1.807) is 25.4 Å². The molecule has 0 unspecified atom stereocenters. The van der Waals surface area contributed by atoms with E-state index in [0.717, 1.165) is 30.3 Å². The molecule has 210 valence electrons. The van der Waals surface area contributed by atoms with E-state index in [9.17, 15) is 13.6 Å². The molecule has 40 heavy (non-hydrogen) atoms. The maximum Gasteiger partial charge on any atom is 0.223 e. The minimum atomic E-state index is -0.858. The van der Waals surface area contributed by atoms with Gasteiger partial charge in [-0.15, -0.1) is 10.2 Å². The summed E-state index contributed by atoms with van der Waals surface area (Å²) in [7, 11) is 1.61. The number of carbonyl (C=O) groups excluding carboxylic acids is 1. The molecule has 2 aromatic heterocycles. The second kappa shape index (κ2) is 10.1. The number of benzene rings is 1. The van der Waals surface area contributed by atoms with Gasteiger partial charge in [-0.1, -0.05) is 18.2 Å². The first-order valence-corrected chi connectivity index (χ1v) is 13.9. The minimum absolute atomic E-state index is 0.0682. The van der Waals surface area contributed by atoms with Crippen LogP contribution in [-0.4, -0.2) is 57.0 Å². The maximum absolute atomic E-state index is 14.9. The minimum Gasteiger partial charge on any atom is -0.371 e. The first-order chi connectivity index (χ1) is 19.2. The van der Waals surface area contributed by atoms with E-state index in [0.29, 0.717) is 49.7 Å². The van der Waals surface area contributed by atoms with E-state index in [1.807, 2.05) is 35.6 Å². The molecular weight excluding hydrogens is 514 g/mol. The van der Waals surface area contributed by atoms with Crippen molar-refractivity contribution in [3.63, 3.8) is 0 Å². The first kappa shape index (κ1) is 26.7. The molecule has 1 spiro atoms. The summed E-state index contributed by atoms with van der Waals surface area (Å²) in [5.41, 5.74) is 0.570. The molecule has 0 saturated carbocycles. The van der Waals surface area contributed by atoms with E-state index in [2.05, 4.69) is 26.2 Å². The second-order valence-electron chi connectivity index (χ2n) is 11.7. The summed E-state index contributed by atoms with van der Waals surface area (Å²) >= 11 is 0. The van der Waals surface area contributed by atoms with E-state index in [4.69, 9.17) is 4.74 Å². The van der Waals surface area contributed by atoms with Crippen molar-refractivity contribution in [3.8, 4) is 0 Å². The van der Waals surface area contributed by atoms with Gasteiger partial charge in [0.2, 0.25) is 5.91 Å². The van der Waals surface area contributed by atoms with Crippen molar-refractivity contribution in [1.82, 2.24) is 24.6 Å². The van der Waals surface area contributed by atoms with Gasteiger partial charge in [0.15, 0.2) is 23.3 Å². The fraction of sp³-hybridized carbons (Fsp3) is 0.500. The maximum atomic E-state index is 14.9. The summed E-state index contributed by atoms with van der Waals surface area (Å²) < 4.78 is 36.7. The summed E-state index contributed by atoms with van der Waals surface area (Å²) in [6, 6.07) is 8.35. The molecule has 5 heterocycles. The number of fused-ring (bicyclic) bond motifs is 3. The Morgan fingerprint density at radius 1 is 1.12 bits per heavy atom. The molecule has 1 amide bonds. The Bertz CT molecular complexity index is 1460. The fourth-order valence-corrected chi connectivity index (χ4v) is 6.50. The molecule has 0 bridgehead atoms. The van der Waals surface area contributed by atoms with E-state index in [-0.39, 0.29) is 29.6 Å². The Kier molecular flexibility index (Phi) is 6.76. The lowest BCUT2D eigenvalue weighted by Gasteiger charge is -2.38. The third-order valence-corrected chi connectivity index (χ3v) is 9.07. The molecule has 10 heteroatoms. The number of piperidine rings is 1. The van der Waals surface area contributed by atoms with Crippen LogP contribution in [0, 0.1) is 11.6 Å². The van der Waals surface area contributed by atoms with Crippen molar-refractivity contribution in [1.29, 1.82) is 0 Å². The normalized spacial score (nSPS) is 21.8. The van der Waals surface area contributed by atoms with E-state index in [1.165, 1.54) is 0 Å². The molecule has 0 aliphatic carbocycles. The second-order valence-corrected chi connectivity index (χ2v) is 11.7. The number of aromatic nitrogens is 4. The van der Waals surface area contributed by atoms with Crippen LogP contribution in [0.1, 0.15) is 80.6 Å². The molecule has 8 nitrogen and oxygen atoms in total. The molecule has 0 N–H and O–H groups in total. The summed E-state index contributed by atoms with van der Waals surface area (Å²) in [6.45, 7) is 5.46. The molecule has 3 aliphatic rings. The topological polar surface area (TPSA) is 85.5 Å². The van der Waals surface area contributed by atoms with Crippen LogP contribution in [0.5, 0.6) is 0 Å². The van der Waals surface area contributed by atoms with Crippen LogP contribution in [0.25, 0.3) is 0 Å². The molecule has 6 rings (SSSR count). The summed E-state index contributed by atoms with van der Waals surface area (Å²) in [5.74, 6) is -0.0120. The number of pyridine rings is 1. The molecule has 1 saturated heterocycles. The number of halogens is 2. The van der Waals surface area contributed by atoms with Crippen LogP contribution >= 0.6 is 0 Å². The Morgan fingerprint density at radius 3 is 2.70 bits per heavy atom. The Morgan fingerprint density at radius 2 is 1.93 bits per heavy atom. The van der Waals surface area contributed by atoms with Crippen molar-refractivity contribution in [3.05, 3.63) is 70.9 Å². The largest absolute Gasteiger partial charge is 0.371 e. The number of ether oxygens (including phenoxy) is 1. The van der Waals surface area contributed by atoms with Crippen LogP contribution in [-0.2, 0) is 27.1 Å². The van der Waals surface area contributed by atoms with Crippen LogP contribution in [0.2, 0.25) is 0 Å². The SMILES string of the molecule is COC(C)(C)c1nnc2n1C[C@@H](c1cccc(F)c1F)CC[C@@H]2CC(=O)N1CCC2(C=Nc3ncccc32)CC1. The molecule has 3 aromatic rings. The number of hydrogen-bond acceptors (Lipinski definition) is 6. The smallest absolute Gasteiger partial charge is 0.223 e. The van der Waals surface area contributed by atoms with Gasteiger partial charge in [-0.3, -0.25) is 4.79 Å². The first-order valence-electron chi connectivity index (χ1n) is 13.9. The van der Waals surface area contributed by atoms with Gasteiger partial charge in [-0.25, -0.2) is 18.8 Å². The molecule has 2 atom stereocenters. The van der Waals surface area contributed by atoms with E-state index < -0.39 is 17.2 Å². The summed E-state index contributed by atoms with van der Waals surface area (Å²) in [6.07, 6.45) is 6.85. The van der Waals surface area contributed by atoms with Crippen LogP contribution in [0.15, 0.2) is 41.5 Å². The fourth-order valence-electron chi connectivity index (χ4n) is 6.50. The van der Waals surface area contributed by atoms with Crippen molar-refractivity contribution in [2.45, 2.75) is 75.3 Å². The Hall–Kier alpha value is -3.53. The zero-order valence-corrected chi connectivity index (χ0v) is 23.1. The lowest BCUT2D eigenvalue weighted by atomic mass is 9.75. The molecule has 0 radical (unpaired) electrons. The van der Waals surface area contributed by atoms with Crippen LogP contribution in [0.3, 0.4) is 0 Å². The standard InChI is InChI=1S/C30H34F2N6O2/c1-29(2,40-3)28-36-35-27-19(9-10-20(17-38(27)28)21-6-4-8-23(31)25(21)32)16-24(39)37-14-11-30(12-15-37)18-34-26-22(30)7-5-13-33-26/h4-8,13,18-20H,9-12,14-17H2,1-3H3/t19-,20+/m1/s1. The molecule has 1 aromatic carbocycles. The van der Waals surface area contributed by atoms with E-state index >= 15 is 0 Å². The van der Waals surface area contributed by atoms with Gasteiger partial charge in [-0.2, -0.15) is 0 Å². The lowest BCUT2D eigenvalue weighted by Crippen LogP contribution is -2.45. The van der Waals surface area contributed by atoms with Crippen molar-refractivity contribution >= 4 is 17.9 Å². The zero-order chi connectivity index (χ0) is 28.1. The zero-order valence-electron chi connectivity index (χ0n) is 23.1. The number of carbonyl (C=O) groups is 1. The Balaban J connectivity index is 1.23. The molecular formula is C30H34F2N6O2. The molecule has 3 aliphatic heterocycles. The highest BCUT2D eigenvalue weighted by Gasteiger charge is 2.42. The number of methoxy groups -OCH3 is 1. The van der Waals surface area contributed by atoms with Gasteiger partial charge in [0, 0.05) is 68.4 Å². The lowest BCUT2D eigenvalue weighted by molar-refractivity contribution is -0.133. The summed E-state index contributed by atoms with van der Waals surface area (Å²) in [4.78, 5) is 24.5.